The Bertz CT molecular complexity index is 1740. The Morgan fingerprint density at radius 3 is 2.63 bits per heavy atom. The van der Waals surface area contributed by atoms with Gasteiger partial charge in [-0.25, -0.2) is 22.8 Å². The van der Waals surface area contributed by atoms with Crippen LogP contribution in [0.3, 0.4) is 0 Å². The summed E-state index contributed by atoms with van der Waals surface area (Å²) in [6.45, 7) is 6.09. The Balaban J connectivity index is 1.45. The lowest BCUT2D eigenvalue weighted by Crippen LogP contribution is -2.53. The van der Waals surface area contributed by atoms with Crippen molar-refractivity contribution in [2.24, 2.45) is 0 Å². The van der Waals surface area contributed by atoms with Gasteiger partial charge in [0, 0.05) is 24.0 Å². The molecule has 2 atom stereocenters. The Hall–Kier alpha value is -3.54. The van der Waals surface area contributed by atoms with Gasteiger partial charge in [0.1, 0.15) is 30.3 Å². The summed E-state index contributed by atoms with van der Waals surface area (Å²) in [7, 11) is -3.47. The molecule has 0 spiro atoms. The van der Waals surface area contributed by atoms with E-state index in [4.69, 9.17) is 9.47 Å². The topological polar surface area (TPSA) is 93.7 Å². The second-order valence-corrected chi connectivity index (χ2v) is 13.3. The van der Waals surface area contributed by atoms with Gasteiger partial charge in [-0.05, 0) is 88.9 Å². The monoisotopic (exact) mass is 668 g/mol. The zero-order chi connectivity index (χ0) is 30.6. The first kappa shape index (κ1) is 30.9. The molecule has 0 radical (unpaired) electrons. The molecule has 226 valence electrons. The van der Waals surface area contributed by atoms with Crippen LogP contribution in [-0.2, 0) is 27.0 Å². The minimum absolute atomic E-state index is 0.0185. The Morgan fingerprint density at radius 2 is 1.95 bits per heavy atom. The molecular weight excluding hydrogens is 635 g/mol. The van der Waals surface area contributed by atoms with Crippen molar-refractivity contribution in [2.45, 2.75) is 51.9 Å². The van der Waals surface area contributed by atoms with Crippen LogP contribution in [0.1, 0.15) is 44.7 Å². The summed E-state index contributed by atoms with van der Waals surface area (Å²) in [6, 6.07) is 17.3. The lowest BCUT2D eigenvalue weighted by Gasteiger charge is -2.42. The number of hydrogen-bond donors (Lipinski definition) is 1. The number of likely N-dealkylation sites (N-methyl/N-ethyl adjacent to an activating group) is 1. The minimum Gasteiger partial charge on any atom is -0.488 e. The van der Waals surface area contributed by atoms with E-state index in [1.54, 1.807) is 23.6 Å². The first-order chi connectivity index (χ1) is 20.7. The van der Waals surface area contributed by atoms with Gasteiger partial charge < -0.3 is 14.8 Å². The molecule has 1 aliphatic heterocycles. The molecule has 1 aliphatic rings. The third-order valence-electron chi connectivity index (χ3n) is 7.70. The summed E-state index contributed by atoms with van der Waals surface area (Å²) in [5.74, 6) is 0.922. The van der Waals surface area contributed by atoms with Crippen LogP contribution in [0.4, 0.5) is 15.9 Å². The van der Waals surface area contributed by atoms with Gasteiger partial charge >= 0.3 is 0 Å². The van der Waals surface area contributed by atoms with Crippen LogP contribution in [0.15, 0.2) is 83.8 Å². The number of halogens is 2. The number of benzene rings is 3. The molecule has 0 fully saturated rings. The summed E-state index contributed by atoms with van der Waals surface area (Å²) >= 11 is 3.58. The van der Waals surface area contributed by atoms with Gasteiger partial charge in [0.15, 0.2) is 5.60 Å². The molecule has 2 heterocycles. The molecule has 11 heteroatoms. The summed E-state index contributed by atoms with van der Waals surface area (Å²) in [4.78, 5) is 8.99. The average molecular weight is 670 g/mol. The van der Waals surface area contributed by atoms with E-state index in [0.29, 0.717) is 31.0 Å². The van der Waals surface area contributed by atoms with Crippen molar-refractivity contribution in [3.63, 3.8) is 0 Å². The molecule has 8 nitrogen and oxygen atoms in total. The number of anilines is 2. The number of rotatable bonds is 12. The predicted octanol–water partition coefficient (Wildman–Crippen LogP) is 7.43. The number of hydrogen-bond acceptors (Lipinski definition) is 7. The fraction of sp³-hybridized carbons (Fsp3) is 0.312. The van der Waals surface area contributed by atoms with Gasteiger partial charge in [0.25, 0.3) is 0 Å². The molecule has 0 aliphatic carbocycles. The fourth-order valence-corrected chi connectivity index (χ4v) is 7.54. The van der Waals surface area contributed by atoms with E-state index in [2.05, 4.69) is 31.2 Å². The van der Waals surface area contributed by atoms with Crippen LogP contribution in [0.25, 0.3) is 10.9 Å². The number of nitrogens with one attached hydrogen (secondary N) is 1. The van der Waals surface area contributed by atoms with Crippen molar-refractivity contribution in [3.8, 4) is 5.75 Å². The number of aromatic nitrogens is 2. The molecule has 0 saturated carbocycles. The van der Waals surface area contributed by atoms with E-state index in [-0.39, 0.29) is 18.2 Å². The zero-order valence-corrected chi connectivity index (χ0v) is 26.7. The van der Waals surface area contributed by atoms with Gasteiger partial charge in [0.05, 0.1) is 28.0 Å². The van der Waals surface area contributed by atoms with E-state index in [1.165, 1.54) is 18.5 Å². The number of ether oxygens (including phenoxy) is 2. The molecule has 5 rings (SSSR count). The van der Waals surface area contributed by atoms with Gasteiger partial charge in [0.2, 0.25) is 10.0 Å². The van der Waals surface area contributed by atoms with Crippen molar-refractivity contribution in [1.29, 1.82) is 0 Å². The van der Waals surface area contributed by atoms with Crippen LogP contribution < -0.4 is 10.1 Å². The van der Waals surface area contributed by atoms with Crippen LogP contribution in [0.2, 0.25) is 0 Å². The van der Waals surface area contributed by atoms with E-state index in [0.717, 1.165) is 32.2 Å². The van der Waals surface area contributed by atoms with Crippen LogP contribution in [-0.4, -0.2) is 41.0 Å². The van der Waals surface area contributed by atoms with E-state index in [1.807, 2.05) is 62.4 Å². The van der Waals surface area contributed by atoms with Crippen molar-refractivity contribution < 1.29 is 22.3 Å². The first-order valence-electron chi connectivity index (χ1n) is 14.2. The van der Waals surface area contributed by atoms with Crippen molar-refractivity contribution >= 4 is 48.4 Å². The minimum atomic E-state index is -3.47. The average Bonchev–Trinajstić information content (AvgIpc) is 3.50. The molecule has 1 aromatic heterocycles. The quantitative estimate of drug-likeness (QED) is 0.168. The third kappa shape index (κ3) is 6.39. The second kappa shape index (κ2) is 13.0. The summed E-state index contributed by atoms with van der Waals surface area (Å²) in [5, 5.41) is 4.16. The van der Waals surface area contributed by atoms with Gasteiger partial charge in [-0.2, -0.15) is 4.31 Å². The molecule has 0 amide bonds. The zero-order valence-electron chi connectivity index (χ0n) is 24.3. The largest absolute Gasteiger partial charge is 0.488 e. The van der Waals surface area contributed by atoms with Crippen molar-refractivity contribution in [2.75, 3.05) is 17.6 Å². The maximum Gasteiger partial charge on any atom is 0.214 e. The van der Waals surface area contributed by atoms with Crippen LogP contribution in [0.5, 0.6) is 5.75 Å². The molecule has 1 N–H and O–H groups in total. The molecule has 3 aromatic carbocycles. The number of sulfonamides is 1. The third-order valence-corrected chi connectivity index (χ3v) is 10.3. The van der Waals surface area contributed by atoms with E-state index >= 15 is 0 Å². The van der Waals surface area contributed by atoms with E-state index < -0.39 is 21.7 Å². The van der Waals surface area contributed by atoms with Crippen LogP contribution in [0, 0.1) is 5.82 Å². The molecule has 0 saturated heterocycles. The highest BCUT2D eigenvalue weighted by molar-refractivity contribution is 9.10. The Labute approximate surface area is 260 Å². The molecule has 43 heavy (non-hydrogen) atoms. The smallest absolute Gasteiger partial charge is 0.214 e. The maximum atomic E-state index is 13.5. The van der Waals surface area contributed by atoms with Crippen molar-refractivity contribution in [3.05, 3.63) is 101 Å². The molecule has 4 aromatic rings. The highest BCUT2D eigenvalue weighted by Crippen LogP contribution is 2.43. The van der Waals surface area contributed by atoms with Gasteiger partial charge in [-0.1, -0.05) is 32.0 Å². The SMILES string of the molecule is CCC(N(CC)S(=O)(=O)CC)C1(c2ccc3ncnc(Nc4ccc(OCc5cccc(F)c5)c(Br)c4)c3c2)CC=CO1. The Morgan fingerprint density at radius 1 is 1.12 bits per heavy atom. The fourth-order valence-electron chi connectivity index (χ4n) is 5.62. The number of fused-ring (bicyclic) bond motifs is 1. The normalized spacial score (nSPS) is 17.3. The van der Waals surface area contributed by atoms with Crippen LogP contribution >= 0.6 is 15.9 Å². The summed E-state index contributed by atoms with van der Waals surface area (Å²) in [5.41, 5.74) is 2.19. The molecular formula is C32H34BrFN4O4S. The summed E-state index contributed by atoms with van der Waals surface area (Å²) in [6.07, 6.45) is 6.21. The highest BCUT2D eigenvalue weighted by atomic mass is 79.9. The lowest BCUT2D eigenvalue weighted by atomic mass is 9.82. The second-order valence-electron chi connectivity index (χ2n) is 10.3. The standard InChI is InChI=1S/C32H34BrFN4O4S/c1-4-30(38(5-2)43(39,40)6-3)32(15-8-16-42-32)23-11-13-28-26(18-23)31(36-21-35-28)37-25-12-14-29(27(33)19-25)41-20-22-9-7-10-24(34)17-22/h7-14,16-19,21,30H,4-6,15,20H2,1-3H3,(H,35,36,37). The molecule has 0 bridgehead atoms. The van der Waals surface area contributed by atoms with E-state index in [9.17, 15) is 12.8 Å². The van der Waals surface area contributed by atoms with Crippen molar-refractivity contribution in [1.82, 2.24) is 14.3 Å². The van der Waals surface area contributed by atoms with Gasteiger partial charge in [-0.3, -0.25) is 0 Å². The summed E-state index contributed by atoms with van der Waals surface area (Å²) < 4.78 is 54.2. The number of nitrogens with zero attached hydrogens (tertiary/aromatic N) is 3. The highest BCUT2D eigenvalue weighted by Gasteiger charge is 2.48. The first-order valence-corrected chi connectivity index (χ1v) is 16.6. The Kier molecular flexibility index (Phi) is 9.33. The van der Waals surface area contributed by atoms with Gasteiger partial charge in [-0.15, -0.1) is 0 Å². The lowest BCUT2D eigenvalue weighted by molar-refractivity contribution is -0.0237. The predicted molar refractivity (Wildman–Crippen MR) is 170 cm³/mol. The molecule has 2 unspecified atom stereocenters. The maximum absolute atomic E-state index is 13.5.